The molecule has 0 N–H and O–H groups in total. The molecule has 3 aromatic heterocycles. The highest BCUT2D eigenvalue weighted by Gasteiger charge is 2.35. The van der Waals surface area contributed by atoms with Crippen LogP contribution in [0.4, 0.5) is 0 Å². The molecule has 158 valence electrons. The molecule has 0 radical (unpaired) electrons. The molecular weight excluding hydrogens is 374 g/mol. The predicted octanol–water partition coefficient (Wildman–Crippen LogP) is 4.82. The van der Waals surface area contributed by atoms with Crippen LogP contribution in [0.15, 0.2) is 30.6 Å². The molecular formula is C24H31N5O. The summed E-state index contributed by atoms with van der Waals surface area (Å²) < 4.78 is 1.96. The Morgan fingerprint density at radius 3 is 2.47 bits per heavy atom. The highest BCUT2D eigenvalue weighted by atomic mass is 16.2. The summed E-state index contributed by atoms with van der Waals surface area (Å²) in [5, 5.41) is 5.66. The van der Waals surface area contributed by atoms with Crippen molar-refractivity contribution in [2.24, 2.45) is 0 Å². The number of pyridine rings is 2. The van der Waals surface area contributed by atoms with Crippen LogP contribution in [0.3, 0.4) is 0 Å². The van der Waals surface area contributed by atoms with E-state index in [1.807, 2.05) is 34.7 Å². The van der Waals surface area contributed by atoms with Crippen molar-refractivity contribution in [2.75, 3.05) is 0 Å². The van der Waals surface area contributed by atoms with Gasteiger partial charge in [-0.1, -0.05) is 13.8 Å². The SMILES string of the molecule is Cc1nn(C(C)(C)C)c2nc(C(C)C)cc(C(=O)N(Cc3ccncc3)C3CC3)c12. The second-order valence-corrected chi connectivity index (χ2v) is 9.64. The molecule has 3 aromatic rings. The number of carbonyl (C=O) groups excluding carboxylic acids is 1. The molecule has 6 nitrogen and oxygen atoms in total. The van der Waals surface area contributed by atoms with E-state index < -0.39 is 0 Å². The smallest absolute Gasteiger partial charge is 0.255 e. The topological polar surface area (TPSA) is 63.9 Å². The molecule has 0 unspecified atom stereocenters. The van der Waals surface area contributed by atoms with Crippen LogP contribution in [0.1, 0.15) is 80.7 Å². The maximum atomic E-state index is 13.9. The van der Waals surface area contributed by atoms with Gasteiger partial charge in [-0.05, 0) is 70.2 Å². The molecule has 0 bridgehead atoms. The zero-order chi connectivity index (χ0) is 21.6. The Morgan fingerprint density at radius 1 is 1.23 bits per heavy atom. The maximum Gasteiger partial charge on any atom is 0.255 e. The highest BCUT2D eigenvalue weighted by Crippen LogP contribution is 2.34. The minimum atomic E-state index is -0.220. The molecule has 4 rings (SSSR count). The number of hydrogen-bond acceptors (Lipinski definition) is 4. The third-order valence-electron chi connectivity index (χ3n) is 5.64. The molecule has 30 heavy (non-hydrogen) atoms. The summed E-state index contributed by atoms with van der Waals surface area (Å²) in [4.78, 5) is 24.9. The first kappa shape index (κ1) is 20.5. The van der Waals surface area contributed by atoms with Gasteiger partial charge in [-0.25, -0.2) is 9.67 Å². The number of fused-ring (bicyclic) bond motifs is 1. The van der Waals surface area contributed by atoms with Gasteiger partial charge in [0.25, 0.3) is 5.91 Å². The average molecular weight is 406 g/mol. The van der Waals surface area contributed by atoms with Crippen LogP contribution >= 0.6 is 0 Å². The zero-order valence-electron chi connectivity index (χ0n) is 18.8. The first-order chi connectivity index (χ1) is 14.2. The van der Waals surface area contributed by atoms with Gasteiger partial charge in [0.15, 0.2) is 5.65 Å². The van der Waals surface area contributed by atoms with E-state index in [2.05, 4.69) is 39.6 Å². The van der Waals surface area contributed by atoms with Crippen molar-refractivity contribution in [1.82, 2.24) is 24.6 Å². The number of aryl methyl sites for hydroxylation is 1. The third-order valence-corrected chi connectivity index (χ3v) is 5.64. The van der Waals surface area contributed by atoms with Crippen LogP contribution in [-0.2, 0) is 12.1 Å². The summed E-state index contributed by atoms with van der Waals surface area (Å²) in [6, 6.07) is 6.24. The number of rotatable bonds is 5. The molecule has 0 aliphatic heterocycles. The first-order valence-electron chi connectivity index (χ1n) is 10.8. The number of hydrogen-bond donors (Lipinski definition) is 0. The monoisotopic (exact) mass is 405 g/mol. The summed E-state index contributed by atoms with van der Waals surface area (Å²) in [5.41, 5.74) is 4.18. The Morgan fingerprint density at radius 2 is 1.90 bits per heavy atom. The molecule has 0 spiro atoms. The van der Waals surface area contributed by atoms with Crippen molar-refractivity contribution in [2.45, 2.75) is 78.4 Å². The number of nitrogens with zero attached hydrogens (tertiary/aromatic N) is 5. The van der Waals surface area contributed by atoms with Gasteiger partial charge in [-0.15, -0.1) is 0 Å². The van der Waals surface area contributed by atoms with Crippen molar-refractivity contribution in [1.29, 1.82) is 0 Å². The molecule has 1 amide bonds. The van der Waals surface area contributed by atoms with Crippen LogP contribution in [0, 0.1) is 6.92 Å². The van der Waals surface area contributed by atoms with E-state index >= 15 is 0 Å². The van der Waals surface area contributed by atoms with Crippen LogP contribution in [0.25, 0.3) is 11.0 Å². The molecule has 0 saturated heterocycles. The Balaban J connectivity index is 1.85. The van der Waals surface area contributed by atoms with Crippen LogP contribution in [-0.4, -0.2) is 36.6 Å². The molecule has 0 atom stereocenters. The molecule has 1 aliphatic rings. The second kappa shape index (κ2) is 7.49. The van der Waals surface area contributed by atoms with Crippen LogP contribution in [0.2, 0.25) is 0 Å². The predicted molar refractivity (Wildman–Crippen MR) is 118 cm³/mol. The molecule has 1 aliphatic carbocycles. The van der Waals surface area contributed by atoms with Gasteiger partial charge in [-0.2, -0.15) is 5.10 Å². The minimum Gasteiger partial charge on any atom is -0.331 e. The lowest BCUT2D eigenvalue weighted by Gasteiger charge is -2.24. The van der Waals surface area contributed by atoms with Gasteiger partial charge >= 0.3 is 0 Å². The van der Waals surface area contributed by atoms with Crippen molar-refractivity contribution in [3.63, 3.8) is 0 Å². The fraction of sp³-hybridized carbons (Fsp3) is 0.500. The number of carbonyl (C=O) groups is 1. The zero-order valence-corrected chi connectivity index (χ0v) is 18.8. The Bertz CT molecular complexity index is 1070. The normalized spacial score (nSPS) is 14.5. The second-order valence-electron chi connectivity index (χ2n) is 9.64. The van der Waals surface area contributed by atoms with E-state index in [1.165, 1.54) is 0 Å². The van der Waals surface area contributed by atoms with Gasteiger partial charge in [0.2, 0.25) is 0 Å². The van der Waals surface area contributed by atoms with Gasteiger partial charge in [0, 0.05) is 30.7 Å². The lowest BCUT2D eigenvalue weighted by Crippen LogP contribution is -2.33. The Hall–Kier alpha value is -2.76. The number of aromatic nitrogens is 4. The summed E-state index contributed by atoms with van der Waals surface area (Å²) in [5.74, 6) is 0.291. The molecule has 3 heterocycles. The van der Waals surface area contributed by atoms with Crippen molar-refractivity contribution >= 4 is 16.9 Å². The fourth-order valence-corrected chi connectivity index (χ4v) is 3.83. The quantitative estimate of drug-likeness (QED) is 0.611. The standard InChI is InChI=1S/C24H31N5O/c1-15(2)20-13-19(21-16(3)27-29(22(21)26-20)24(4,5)6)23(30)28(18-7-8-18)14-17-9-11-25-12-10-17/h9-13,15,18H,7-8,14H2,1-6H3. The average Bonchev–Trinajstić information content (AvgIpc) is 3.48. The third kappa shape index (κ3) is 3.83. The molecule has 0 aromatic carbocycles. The molecule has 1 saturated carbocycles. The first-order valence-corrected chi connectivity index (χ1v) is 10.8. The lowest BCUT2D eigenvalue weighted by atomic mass is 10.0. The fourth-order valence-electron chi connectivity index (χ4n) is 3.83. The van der Waals surface area contributed by atoms with E-state index in [0.717, 1.165) is 46.4 Å². The van der Waals surface area contributed by atoms with Crippen molar-refractivity contribution < 1.29 is 4.79 Å². The van der Waals surface area contributed by atoms with Crippen LogP contribution in [0.5, 0.6) is 0 Å². The van der Waals surface area contributed by atoms with E-state index in [1.54, 1.807) is 12.4 Å². The molecule has 1 fully saturated rings. The van der Waals surface area contributed by atoms with Gasteiger partial charge in [0.1, 0.15) is 0 Å². The summed E-state index contributed by atoms with van der Waals surface area (Å²) in [6.07, 6.45) is 5.68. The summed E-state index contributed by atoms with van der Waals surface area (Å²) in [6.45, 7) is 13.1. The van der Waals surface area contributed by atoms with Crippen molar-refractivity contribution in [3.05, 3.63) is 53.1 Å². The maximum absolute atomic E-state index is 13.9. The Labute approximate surface area is 178 Å². The summed E-state index contributed by atoms with van der Waals surface area (Å²) in [7, 11) is 0. The van der Waals surface area contributed by atoms with Gasteiger partial charge in [-0.3, -0.25) is 9.78 Å². The minimum absolute atomic E-state index is 0.0696. The number of amides is 1. The van der Waals surface area contributed by atoms with Crippen LogP contribution < -0.4 is 0 Å². The van der Waals surface area contributed by atoms with E-state index in [4.69, 9.17) is 10.1 Å². The summed E-state index contributed by atoms with van der Waals surface area (Å²) >= 11 is 0. The van der Waals surface area contributed by atoms with Gasteiger partial charge < -0.3 is 4.90 Å². The molecule has 6 heteroatoms. The lowest BCUT2D eigenvalue weighted by molar-refractivity contribution is 0.0731. The van der Waals surface area contributed by atoms with E-state index in [0.29, 0.717) is 12.6 Å². The van der Waals surface area contributed by atoms with E-state index in [9.17, 15) is 4.79 Å². The highest BCUT2D eigenvalue weighted by molar-refractivity contribution is 6.06. The van der Waals surface area contributed by atoms with Gasteiger partial charge in [0.05, 0.1) is 22.2 Å². The van der Waals surface area contributed by atoms with E-state index in [-0.39, 0.29) is 17.4 Å². The Kier molecular flexibility index (Phi) is 5.12. The van der Waals surface area contributed by atoms with Crippen molar-refractivity contribution in [3.8, 4) is 0 Å². The largest absolute Gasteiger partial charge is 0.331 e.